The SMILES string of the molecule is CCCS(=O)(=O)NC(C#N)c1ccccc1F. The number of nitrogens with one attached hydrogen (secondary N) is 1. The molecule has 0 heterocycles. The summed E-state index contributed by atoms with van der Waals surface area (Å²) < 4.78 is 38.6. The molecule has 0 saturated heterocycles. The van der Waals surface area contributed by atoms with Crippen molar-refractivity contribution < 1.29 is 12.8 Å². The average molecular weight is 256 g/mol. The van der Waals surface area contributed by atoms with E-state index in [9.17, 15) is 12.8 Å². The van der Waals surface area contributed by atoms with Crippen molar-refractivity contribution in [3.05, 3.63) is 35.6 Å². The average Bonchev–Trinajstić information content (AvgIpc) is 2.27. The molecule has 1 aromatic carbocycles. The standard InChI is InChI=1S/C11H13FN2O2S/c1-2-7-17(15,16)14-11(8-13)9-5-3-4-6-10(9)12/h3-6,11,14H,2,7H2,1H3. The van der Waals surface area contributed by atoms with Crippen molar-refractivity contribution in [2.24, 2.45) is 0 Å². The smallest absolute Gasteiger partial charge is 0.212 e. The second-order valence-electron chi connectivity index (χ2n) is 3.52. The summed E-state index contributed by atoms with van der Waals surface area (Å²) in [6, 6.07) is 6.16. The van der Waals surface area contributed by atoms with Crippen LogP contribution in [0.15, 0.2) is 24.3 Å². The minimum absolute atomic E-state index is 0.0367. The summed E-state index contributed by atoms with van der Waals surface area (Å²) in [6.45, 7) is 1.71. The van der Waals surface area contributed by atoms with Crippen molar-refractivity contribution >= 4 is 10.0 Å². The van der Waals surface area contributed by atoms with Crippen LogP contribution in [-0.4, -0.2) is 14.2 Å². The molecule has 1 unspecified atom stereocenters. The van der Waals surface area contributed by atoms with Gasteiger partial charge in [0.15, 0.2) is 0 Å². The van der Waals surface area contributed by atoms with E-state index in [2.05, 4.69) is 4.72 Å². The summed E-state index contributed by atoms with van der Waals surface area (Å²) >= 11 is 0. The third-order valence-electron chi connectivity index (χ3n) is 2.12. The molecule has 0 amide bonds. The van der Waals surface area contributed by atoms with Gasteiger partial charge in [-0.2, -0.15) is 9.98 Å². The maximum Gasteiger partial charge on any atom is 0.213 e. The van der Waals surface area contributed by atoms with Gasteiger partial charge in [-0.15, -0.1) is 0 Å². The van der Waals surface area contributed by atoms with Gasteiger partial charge < -0.3 is 0 Å². The van der Waals surface area contributed by atoms with Crippen molar-refractivity contribution in [3.8, 4) is 6.07 Å². The second-order valence-corrected chi connectivity index (χ2v) is 5.39. The van der Waals surface area contributed by atoms with E-state index >= 15 is 0 Å². The molecular weight excluding hydrogens is 243 g/mol. The molecule has 0 spiro atoms. The minimum atomic E-state index is -3.55. The van der Waals surface area contributed by atoms with Gasteiger partial charge >= 0.3 is 0 Å². The zero-order valence-electron chi connectivity index (χ0n) is 9.35. The normalized spacial score (nSPS) is 13.0. The quantitative estimate of drug-likeness (QED) is 0.872. The summed E-state index contributed by atoms with van der Waals surface area (Å²) in [5.41, 5.74) is 0.0367. The Hall–Kier alpha value is -1.45. The zero-order chi connectivity index (χ0) is 12.9. The molecule has 0 aliphatic rings. The molecule has 0 aliphatic heterocycles. The van der Waals surface area contributed by atoms with Crippen LogP contribution >= 0.6 is 0 Å². The van der Waals surface area contributed by atoms with Gasteiger partial charge in [-0.3, -0.25) is 0 Å². The topological polar surface area (TPSA) is 70.0 Å². The predicted molar refractivity (Wildman–Crippen MR) is 62.0 cm³/mol. The van der Waals surface area contributed by atoms with Gasteiger partial charge in [0.1, 0.15) is 11.9 Å². The predicted octanol–water partition coefficient (Wildman–Crippen LogP) is 1.72. The molecule has 4 nitrogen and oxygen atoms in total. The maximum absolute atomic E-state index is 13.4. The lowest BCUT2D eigenvalue weighted by Gasteiger charge is -2.12. The van der Waals surface area contributed by atoms with Gasteiger partial charge in [0.25, 0.3) is 0 Å². The first-order chi connectivity index (χ1) is 8.00. The molecule has 1 atom stereocenters. The number of halogens is 1. The molecule has 0 aromatic heterocycles. The van der Waals surface area contributed by atoms with Crippen molar-refractivity contribution in [2.45, 2.75) is 19.4 Å². The molecule has 1 aromatic rings. The van der Waals surface area contributed by atoms with E-state index in [1.54, 1.807) is 19.1 Å². The Kier molecular flexibility index (Phi) is 4.61. The lowest BCUT2D eigenvalue weighted by atomic mass is 10.1. The highest BCUT2D eigenvalue weighted by Crippen LogP contribution is 2.17. The van der Waals surface area contributed by atoms with E-state index in [1.165, 1.54) is 18.2 Å². The molecule has 0 aliphatic carbocycles. The Morgan fingerprint density at radius 2 is 2.12 bits per heavy atom. The van der Waals surface area contributed by atoms with Crippen LogP contribution in [0.4, 0.5) is 4.39 Å². The number of sulfonamides is 1. The van der Waals surface area contributed by atoms with Gasteiger partial charge in [-0.25, -0.2) is 12.8 Å². The van der Waals surface area contributed by atoms with Crippen LogP contribution in [0.25, 0.3) is 0 Å². The van der Waals surface area contributed by atoms with Gasteiger partial charge in [-0.05, 0) is 12.5 Å². The lowest BCUT2D eigenvalue weighted by molar-refractivity contribution is 0.563. The number of nitriles is 1. The van der Waals surface area contributed by atoms with Crippen LogP contribution in [0.3, 0.4) is 0 Å². The molecule has 0 saturated carbocycles. The molecule has 0 fully saturated rings. The Balaban J connectivity index is 2.96. The summed E-state index contributed by atoms with van der Waals surface area (Å²) in [5, 5.41) is 8.89. The van der Waals surface area contributed by atoms with Crippen LogP contribution in [0.1, 0.15) is 24.9 Å². The summed E-state index contributed by atoms with van der Waals surface area (Å²) in [7, 11) is -3.55. The molecule has 1 rings (SSSR count). The lowest BCUT2D eigenvalue weighted by Crippen LogP contribution is -2.30. The Morgan fingerprint density at radius 3 is 2.65 bits per heavy atom. The molecule has 6 heteroatoms. The molecular formula is C11H13FN2O2S. The number of hydrogen-bond acceptors (Lipinski definition) is 3. The summed E-state index contributed by atoms with van der Waals surface area (Å²) in [5.74, 6) is -0.683. The highest BCUT2D eigenvalue weighted by molar-refractivity contribution is 7.89. The fraction of sp³-hybridized carbons (Fsp3) is 0.364. The monoisotopic (exact) mass is 256 g/mol. The van der Waals surface area contributed by atoms with E-state index in [0.717, 1.165) is 0 Å². The van der Waals surface area contributed by atoms with Crippen molar-refractivity contribution in [1.82, 2.24) is 4.72 Å². The maximum atomic E-state index is 13.4. The number of nitrogens with zero attached hydrogens (tertiary/aromatic N) is 1. The minimum Gasteiger partial charge on any atom is -0.212 e. The Labute approximate surface area is 100 Å². The van der Waals surface area contributed by atoms with E-state index in [0.29, 0.717) is 6.42 Å². The van der Waals surface area contributed by atoms with E-state index in [1.807, 2.05) is 0 Å². The van der Waals surface area contributed by atoms with Crippen molar-refractivity contribution in [1.29, 1.82) is 5.26 Å². The fourth-order valence-corrected chi connectivity index (χ4v) is 2.57. The van der Waals surface area contributed by atoms with Crippen molar-refractivity contribution in [3.63, 3.8) is 0 Å². The van der Waals surface area contributed by atoms with Crippen LogP contribution in [-0.2, 0) is 10.0 Å². The molecule has 17 heavy (non-hydrogen) atoms. The van der Waals surface area contributed by atoms with E-state index in [-0.39, 0.29) is 11.3 Å². The number of rotatable bonds is 5. The second kappa shape index (κ2) is 5.75. The van der Waals surface area contributed by atoms with Crippen LogP contribution < -0.4 is 4.72 Å². The Morgan fingerprint density at radius 1 is 1.47 bits per heavy atom. The fourth-order valence-electron chi connectivity index (χ4n) is 1.38. The first kappa shape index (κ1) is 13.6. The third kappa shape index (κ3) is 3.80. The van der Waals surface area contributed by atoms with Gasteiger partial charge in [-0.1, -0.05) is 25.1 Å². The van der Waals surface area contributed by atoms with E-state index < -0.39 is 21.9 Å². The largest absolute Gasteiger partial charge is 0.213 e. The van der Waals surface area contributed by atoms with Crippen molar-refractivity contribution in [2.75, 3.05) is 5.75 Å². The van der Waals surface area contributed by atoms with Gasteiger partial charge in [0, 0.05) is 5.56 Å². The van der Waals surface area contributed by atoms with Gasteiger partial charge in [0.05, 0.1) is 11.8 Å². The zero-order valence-corrected chi connectivity index (χ0v) is 10.2. The number of benzene rings is 1. The third-order valence-corrected chi connectivity index (χ3v) is 3.66. The highest BCUT2D eigenvalue weighted by atomic mass is 32.2. The molecule has 92 valence electrons. The van der Waals surface area contributed by atoms with E-state index in [4.69, 9.17) is 5.26 Å². The van der Waals surface area contributed by atoms with Gasteiger partial charge in [0.2, 0.25) is 10.0 Å². The molecule has 0 bridgehead atoms. The Bertz CT molecular complexity index is 523. The first-order valence-corrected chi connectivity index (χ1v) is 6.79. The molecule has 0 radical (unpaired) electrons. The molecule has 1 N–H and O–H groups in total. The van der Waals surface area contributed by atoms with Crippen LogP contribution in [0.2, 0.25) is 0 Å². The first-order valence-electron chi connectivity index (χ1n) is 5.14. The number of hydrogen-bond donors (Lipinski definition) is 1. The summed E-state index contributed by atoms with van der Waals surface area (Å²) in [6.07, 6.45) is 0.435. The van der Waals surface area contributed by atoms with Crippen LogP contribution in [0, 0.1) is 17.1 Å². The van der Waals surface area contributed by atoms with Crippen LogP contribution in [0.5, 0.6) is 0 Å². The highest BCUT2D eigenvalue weighted by Gasteiger charge is 2.20. The summed E-state index contributed by atoms with van der Waals surface area (Å²) in [4.78, 5) is 0.